The van der Waals surface area contributed by atoms with Gasteiger partial charge in [0.2, 0.25) is 5.95 Å². The minimum atomic E-state index is 0.409. The average molecular weight is 372 g/mol. The van der Waals surface area contributed by atoms with Gasteiger partial charge in [-0.2, -0.15) is 10.1 Å². The standard InChI is InChI=1S/C18H18ClN5O2/c1-25-14-7-8-16(26-2)15(9-14)22-17-11-21-24-18(23-17)20-10-12-3-5-13(19)6-4-12/h3-9,11H,10H2,1-2H3,(H2,20,22,23,24). The molecular formula is C18H18ClN5O2. The summed E-state index contributed by atoms with van der Waals surface area (Å²) in [4.78, 5) is 4.41. The smallest absolute Gasteiger partial charge is 0.244 e. The fourth-order valence-electron chi connectivity index (χ4n) is 2.27. The molecule has 0 saturated carbocycles. The van der Waals surface area contributed by atoms with E-state index in [9.17, 15) is 0 Å². The lowest BCUT2D eigenvalue weighted by atomic mass is 10.2. The largest absolute Gasteiger partial charge is 0.497 e. The molecule has 8 heteroatoms. The van der Waals surface area contributed by atoms with Crippen LogP contribution in [0.5, 0.6) is 11.5 Å². The first kappa shape index (κ1) is 17.8. The highest BCUT2D eigenvalue weighted by molar-refractivity contribution is 6.30. The average Bonchev–Trinajstić information content (AvgIpc) is 2.68. The van der Waals surface area contributed by atoms with Crippen molar-refractivity contribution in [2.45, 2.75) is 6.54 Å². The first-order valence-electron chi connectivity index (χ1n) is 7.85. The predicted octanol–water partition coefficient (Wildman–Crippen LogP) is 3.90. The summed E-state index contributed by atoms with van der Waals surface area (Å²) in [5.74, 6) is 2.31. The molecule has 1 heterocycles. The number of hydrogen-bond donors (Lipinski definition) is 2. The van der Waals surface area contributed by atoms with Crippen molar-refractivity contribution in [1.29, 1.82) is 0 Å². The van der Waals surface area contributed by atoms with Crippen molar-refractivity contribution in [2.75, 3.05) is 24.9 Å². The summed E-state index contributed by atoms with van der Waals surface area (Å²) in [6, 6.07) is 13.0. The third kappa shape index (κ3) is 4.52. The van der Waals surface area contributed by atoms with Crippen LogP contribution in [0.15, 0.2) is 48.7 Å². The number of rotatable bonds is 7. The number of hydrogen-bond acceptors (Lipinski definition) is 7. The fraction of sp³-hybridized carbons (Fsp3) is 0.167. The highest BCUT2D eigenvalue weighted by atomic mass is 35.5. The highest BCUT2D eigenvalue weighted by Gasteiger charge is 2.08. The molecule has 0 aliphatic carbocycles. The van der Waals surface area contributed by atoms with Gasteiger partial charge in [0.05, 0.1) is 26.1 Å². The maximum absolute atomic E-state index is 5.89. The van der Waals surface area contributed by atoms with Gasteiger partial charge in [-0.05, 0) is 29.8 Å². The second-order valence-electron chi connectivity index (χ2n) is 5.34. The lowest BCUT2D eigenvalue weighted by molar-refractivity contribution is 0.405. The van der Waals surface area contributed by atoms with Gasteiger partial charge >= 0.3 is 0 Å². The van der Waals surface area contributed by atoms with E-state index in [0.29, 0.717) is 34.8 Å². The minimum Gasteiger partial charge on any atom is -0.497 e. The summed E-state index contributed by atoms with van der Waals surface area (Å²) < 4.78 is 10.6. The van der Waals surface area contributed by atoms with Crippen LogP contribution in [0.1, 0.15) is 5.56 Å². The van der Waals surface area contributed by atoms with E-state index in [4.69, 9.17) is 21.1 Å². The number of anilines is 3. The van der Waals surface area contributed by atoms with Gasteiger partial charge in [0, 0.05) is 17.6 Å². The number of nitrogens with zero attached hydrogens (tertiary/aromatic N) is 3. The lowest BCUT2D eigenvalue weighted by Gasteiger charge is -2.12. The molecule has 134 valence electrons. The SMILES string of the molecule is COc1ccc(OC)c(Nc2cnnc(NCc3ccc(Cl)cc3)n2)c1. The van der Waals surface area contributed by atoms with E-state index >= 15 is 0 Å². The number of ether oxygens (including phenoxy) is 2. The Kier molecular flexibility index (Phi) is 5.70. The van der Waals surface area contributed by atoms with E-state index in [-0.39, 0.29) is 0 Å². The summed E-state index contributed by atoms with van der Waals surface area (Å²) in [5.41, 5.74) is 1.78. The normalized spacial score (nSPS) is 10.3. The topological polar surface area (TPSA) is 81.2 Å². The van der Waals surface area contributed by atoms with Crippen LogP contribution in [0.25, 0.3) is 0 Å². The molecule has 26 heavy (non-hydrogen) atoms. The number of methoxy groups -OCH3 is 2. The number of aromatic nitrogens is 3. The Morgan fingerprint density at radius 1 is 1.04 bits per heavy atom. The maximum Gasteiger partial charge on any atom is 0.244 e. The van der Waals surface area contributed by atoms with Crippen molar-refractivity contribution < 1.29 is 9.47 Å². The number of benzene rings is 2. The first-order valence-corrected chi connectivity index (χ1v) is 8.23. The van der Waals surface area contributed by atoms with Gasteiger partial charge in [0.15, 0.2) is 5.82 Å². The summed E-state index contributed by atoms with van der Waals surface area (Å²) in [6.07, 6.45) is 1.53. The van der Waals surface area contributed by atoms with Gasteiger partial charge in [-0.15, -0.1) is 5.10 Å². The van der Waals surface area contributed by atoms with Crippen molar-refractivity contribution in [3.05, 3.63) is 59.2 Å². The summed E-state index contributed by atoms with van der Waals surface area (Å²) >= 11 is 5.89. The summed E-state index contributed by atoms with van der Waals surface area (Å²) in [6.45, 7) is 0.560. The van der Waals surface area contributed by atoms with Crippen molar-refractivity contribution in [1.82, 2.24) is 15.2 Å². The molecule has 0 radical (unpaired) electrons. The molecule has 1 aromatic heterocycles. The third-order valence-corrected chi connectivity index (χ3v) is 3.84. The highest BCUT2D eigenvalue weighted by Crippen LogP contribution is 2.30. The van der Waals surface area contributed by atoms with Crippen LogP contribution in [-0.4, -0.2) is 29.4 Å². The zero-order valence-corrected chi connectivity index (χ0v) is 15.1. The number of halogens is 1. The fourth-order valence-corrected chi connectivity index (χ4v) is 2.40. The molecule has 0 spiro atoms. The van der Waals surface area contributed by atoms with Gasteiger partial charge in [-0.3, -0.25) is 0 Å². The lowest BCUT2D eigenvalue weighted by Crippen LogP contribution is -2.06. The molecule has 2 aromatic carbocycles. The van der Waals surface area contributed by atoms with Crippen LogP contribution in [-0.2, 0) is 6.54 Å². The predicted molar refractivity (Wildman–Crippen MR) is 101 cm³/mol. The summed E-state index contributed by atoms with van der Waals surface area (Å²) in [5, 5.41) is 15.0. The van der Waals surface area contributed by atoms with Gasteiger partial charge in [-0.25, -0.2) is 0 Å². The third-order valence-electron chi connectivity index (χ3n) is 3.59. The Bertz CT molecular complexity index is 874. The molecule has 0 aliphatic rings. The van der Waals surface area contributed by atoms with Gasteiger partial charge in [0.1, 0.15) is 11.5 Å². The Hall–Kier alpha value is -3.06. The van der Waals surface area contributed by atoms with Crippen LogP contribution in [0, 0.1) is 0 Å². The maximum atomic E-state index is 5.89. The van der Waals surface area contributed by atoms with E-state index in [0.717, 1.165) is 11.3 Å². The zero-order valence-electron chi connectivity index (χ0n) is 14.4. The van der Waals surface area contributed by atoms with Crippen LogP contribution in [0.2, 0.25) is 5.02 Å². The molecule has 3 rings (SSSR count). The molecular weight excluding hydrogens is 354 g/mol. The molecule has 0 unspecified atom stereocenters. The minimum absolute atomic E-state index is 0.409. The zero-order chi connectivity index (χ0) is 18.4. The van der Waals surface area contributed by atoms with Gasteiger partial charge in [0.25, 0.3) is 0 Å². The molecule has 0 amide bonds. The summed E-state index contributed by atoms with van der Waals surface area (Å²) in [7, 11) is 3.21. The van der Waals surface area contributed by atoms with E-state index in [1.54, 1.807) is 14.2 Å². The van der Waals surface area contributed by atoms with Crippen molar-refractivity contribution in [3.8, 4) is 11.5 Å². The Morgan fingerprint density at radius 2 is 1.85 bits per heavy atom. The molecule has 0 fully saturated rings. The van der Waals surface area contributed by atoms with Crippen molar-refractivity contribution in [3.63, 3.8) is 0 Å². The number of nitrogens with one attached hydrogen (secondary N) is 2. The molecule has 0 saturated heterocycles. The van der Waals surface area contributed by atoms with Gasteiger partial charge < -0.3 is 20.1 Å². The van der Waals surface area contributed by atoms with E-state index in [1.165, 1.54) is 6.20 Å². The van der Waals surface area contributed by atoms with Crippen LogP contribution < -0.4 is 20.1 Å². The Labute approximate surface area is 156 Å². The molecule has 7 nitrogen and oxygen atoms in total. The van der Waals surface area contributed by atoms with Crippen LogP contribution in [0.4, 0.5) is 17.5 Å². The van der Waals surface area contributed by atoms with Crippen molar-refractivity contribution in [2.24, 2.45) is 0 Å². The molecule has 0 bridgehead atoms. The van der Waals surface area contributed by atoms with E-state index in [2.05, 4.69) is 25.8 Å². The van der Waals surface area contributed by atoms with Crippen LogP contribution in [0.3, 0.4) is 0 Å². The van der Waals surface area contributed by atoms with E-state index < -0.39 is 0 Å². The molecule has 2 N–H and O–H groups in total. The second-order valence-corrected chi connectivity index (χ2v) is 5.77. The monoisotopic (exact) mass is 371 g/mol. The molecule has 0 aliphatic heterocycles. The molecule has 0 atom stereocenters. The molecule has 3 aromatic rings. The van der Waals surface area contributed by atoms with Crippen molar-refractivity contribution >= 4 is 29.1 Å². The Morgan fingerprint density at radius 3 is 2.58 bits per heavy atom. The first-order chi connectivity index (χ1) is 12.7. The van der Waals surface area contributed by atoms with E-state index in [1.807, 2.05) is 42.5 Å². The van der Waals surface area contributed by atoms with Gasteiger partial charge in [-0.1, -0.05) is 23.7 Å². The Balaban J connectivity index is 1.72. The quantitative estimate of drug-likeness (QED) is 0.651. The van der Waals surface area contributed by atoms with Crippen LogP contribution >= 0.6 is 11.6 Å². The second kappa shape index (κ2) is 8.35.